The summed E-state index contributed by atoms with van der Waals surface area (Å²) in [5.41, 5.74) is 4.14. The maximum atomic E-state index is 6.29. The topological polar surface area (TPSA) is 21.6 Å². The fourth-order valence-corrected chi connectivity index (χ4v) is 3.02. The Kier molecular flexibility index (Phi) is 4.16. The summed E-state index contributed by atoms with van der Waals surface area (Å²) in [4.78, 5) is 4.87. The Hall–Kier alpha value is -2.42. The summed E-state index contributed by atoms with van der Waals surface area (Å²) in [6.07, 6.45) is -0.489. The lowest BCUT2D eigenvalue weighted by Crippen LogP contribution is -2.11. The molecule has 1 heterocycles. The van der Waals surface area contributed by atoms with Crippen LogP contribution in [0.3, 0.4) is 0 Å². The van der Waals surface area contributed by atoms with Crippen LogP contribution in [-0.4, -0.2) is 5.71 Å². The molecule has 3 heteroatoms. The molecular formula is C21H16ClNO. The van der Waals surface area contributed by atoms with Crippen molar-refractivity contribution in [1.82, 2.24) is 0 Å². The van der Waals surface area contributed by atoms with Crippen LogP contribution in [0.4, 0.5) is 0 Å². The maximum absolute atomic E-state index is 6.29. The SMILES string of the molecule is Clc1ccc(C2OC(c3ccccc3)N=C2c2ccccc2)cc1. The number of hydrogen-bond donors (Lipinski definition) is 0. The molecule has 0 radical (unpaired) electrons. The van der Waals surface area contributed by atoms with Crippen molar-refractivity contribution < 1.29 is 4.74 Å². The van der Waals surface area contributed by atoms with Gasteiger partial charge < -0.3 is 4.74 Å². The average Bonchev–Trinajstić information content (AvgIpc) is 3.09. The van der Waals surface area contributed by atoms with Gasteiger partial charge in [-0.2, -0.15) is 0 Å². The molecule has 0 fully saturated rings. The van der Waals surface area contributed by atoms with Gasteiger partial charge in [0.05, 0.1) is 5.71 Å². The van der Waals surface area contributed by atoms with Crippen molar-refractivity contribution >= 4 is 17.3 Å². The van der Waals surface area contributed by atoms with Crippen LogP contribution in [0.5, 0.6) is 0 Å². The molecule has 2 nitrogen and oxygen atoms in total. The van der Waals surface area contributed by atoms with E-state index in [4.69, 9.17) is 21.3 Å². The van der Waals surface area contributed by atoms with Gasteiger partial charge in [-0.3, -0.25) is 4.99 Å². The minimum absolute atomic E-state index is 0.199. The summed E-state index contributed by atoms with van der Waals surface area (Å²) >= 11 is 6.03. The lowest BCUT2D eigenvalue weighted by Gasteiger charge is -2.15. The van der Waals surface area contributed by atoms with E-state index in [0.717, 1.165) is 27.4 Å². The molecule has 2 unspecified atom stereocenters. The molecule has 3 aromatic carbocycles. The van der Waals surface area contributed by atoms with Gasteiger partial charge >= 0.3 is 0 Å². The highest BCUT2D eigenvalue weighted by Gasteiger charge is 2.31. The zero-order chi connectivity index (χ0) is 16.4. The second kappa shape index (κ2) is 6.60. The molecule has 1 aliphatic heterocycles. The van der Waals surface area contributed by atoms with E-state index >= 15 is 0 Å². The van der Waals surface area contributed by atoms with E-state index in [1.54, 1.807) is 0 Å². The predicted molar refractivity (Wildman–Crippen MR) is 97.4 cm³/mol. The molecule has 0 aromatic heterocycles. The summed E-state index contributed by atoms with van der Waals surface area (Å²) in [6.45, 7) is 0. The molecule has 0 bridgehead atoms. The van der Waals surface area contributed by atoms with Gasteiger partial charge in [0.15, 0.2) is 6.23 Å². The minimum Gasteiger partial charge on any atom is -0.338 e. The molecule has 2 atom stereocenters. The second-order valence-corrected chi connectivity index (χ2v) is 6.15. The lowest BCUT2D eigenvalue weighted by atomic mass is 9.99. The van der Waals surface area contributed by atoms with E-state index in [2.05, 4.69) is 12.1 Å². The van der Waals surface area contributed by atoms with Crippen molar-refractivity contribution in [2.45, 2.75) is 12.3 Å². The first-order chi connectivity index (χ1) is 11.8. The molecule has 0 amide bonds. The summed E-state index contributed by atoms with van der Waals surface area (Å²) in [7, 11) is 0. The quantitative estimate of drug-likeness (QED) is 0.611. The molecule has 118 valence electrons. The van der Waals surface area contributed by atoms with Crippen molar-refractivity contribution in [3.05, 3.63) is 107 Å². The van der Waals surface area contributed by atoms with Crippen LogP contribution in [0.25, 0.3) is 0 Å². The van der Waals surface area contributed by atoms with Gasteiger partial charge in [-0.1, -0.05) is 84.4 Å². The fourth-order valence-electron chi connectivity index (χ4n) is 2.90. The molecule has 0 aliphatic carbocycles. The Morgan fingerprint density at radius 3 is 2.00 bits per heavy atom. The first-order valence-electron chi connectivity index (χ1n) is 7.90. The number of aliphatic imine (C=N–C) groups is 1. The first-order valence-corrected chi connectivity index (χ1v) is 8.28. The Labute approximate surface area is 146 Å². The number of ether oxygens (including phenoxy) is 1. The Bertz CT molecular complexity index is 844. The Balaban J connectivity index is 1.75. The molecule has 0 spiro atoms. The second-order valence-electron chi connectivity index (χ2n) is 5.71. The summed E-state index contributed by atoms with van der Waals surface area (Å²) in [6, 6.07) is 28.0. The molecule has 0 saturated heterocycles. The third kappa shape index (κ3) is 2.99. The van der Waals surface area contributed by atoms with Gasteiger partial charge in [0.25, 0.3) is 0 Å². The zero-order valence-electron chi connectivity index (χ0n) is 13.0. The molecule has 3 aromatic rings. The van der Waals surface area contributed by atoms with Crippen LogP contribution in [0.1, 0.15) is 29.0 Å². The average molecular weight is 334 g/mol. The van der Waals surface area contributed by atoms with Gasteiger partial charge in [-0.05, 0) is 23.3 Å². The van der Waals surface area contributed by atoms with Crippen molar-refractivity contribution in [3.63, 3.8) is 0 Å². The number of halogens is 1. The summed E-state index contributed by atoms with van der Waals surface area (Å²) in [5, 5.41) is 0.717. The van der Waals surface area contributed by atoms with E-state index in [9.17, 15) is 0 Å². The van der Waals surface area contributed by atoms with E-state index in [0.29, 0.717) is 0 Å². The third-order valence-corrected chi connectivity index (χ3v) is 4.35. The zero-order valence-corrected chi connectivity index (χ0v) is 13.7. The third-order valence-electron chi connectivity index (χ3n) is 4.10. The monoisotopic (exact) mass is 333 g/mol. The summed E-state index contributed by atoms with van der Waals surface area (Å²) < 4.78 is 6.29. The first kappa shape index (κ1) is 15.1. The summed E-state index contributed by atoms with van der Waals surface area (Å²) in [5.74, 6) is 0. The van der Waals surface area contributed by atoms with E-state index in [-0.39, 0.29) is 12.3 Å². The smallest absolute Gasteiger partial charge is 0.175 e. The standard InChI is InChI=1S/C21H16ClNO/c22-18-13-11-16(12-14-18)20-19(15-7-3-1-4-8-15)23-21(24-20)17-9-5-2-6-10-17/h1-14,20-21H. The van der Waals surface area contributed by atoms with Gasteiger partial charge in [-0.15, -0.1) is 0 Å². The number of nitrogens with zero attached hydrogens (tertiary/aromatic N) is 1. The highest BCUT2D eigenvalue weighted by molar-refractivity contribution is 6.30. The molecule has 0 saturated carbocycles. The van der Waals surface area contributed by atoms with Crippen LogP contribution in [0.15, 0.2) is 89.9 Å². The fraction of sp³-hybridized carbons (Fsp3) is 0.0952. The molecule has 1 aliphatic rings. The largest absolute Gasteiger partial charge is 0.338 e. The normalized spacial score (nSPS) is 20.0. The van der Waals surface area contributed by atoms with Crippen molar-refractivity contribution in [1.29, 1.82) is 0 Å². The van der Waals surface area contributed by atoms with Crippen LogP contribution in [0.2, 0.25) is 5.02 Å². The Morgan fingerprint density at radius 1 is 0.708 bits per heavy atom. The van der Waals surface area contributed by atoms with Crippen LogP contribution in [-0.2, 0) is 4.74 Å². The predicted octanol–water partition coefficient (Wildman–Crippen LogP) is 5.60. The number of benzene rings is 3. The molecule has 24 heavy (non-hydrogen) atoms. The van der Waals surface area contributed by atoms with Gasteiger partial charge in [0.1, 0.15) is 6.10 Å². The van der Waals surface area contributed by atoms with Crippen molar-refractivity contribution in [3.8, 4) is 0 Å². The van der Waals surface area contributed by atoms with Crippen molar-refractivity contribution in [2.75, 3.05) is 0 Å². The van der Waals surface area contributed by atoms with E-state index in [1.807, 2.05) is 72.8 Å². The lowest BCUT2D eigenvalue weighted by molar-refractivity contribution is 0.0496. The van der Waals surface area contributed by atoms with Gasteiger partial charge in [0, 0.05) is 10.6 Å². The van der Waals surface area contributed by atoms with Crippen molar-refractivity contribution in [2.24, 2.45) is 4.99 Å². The molecule has 0 N–H and O–H groups in total. The van der Waals surface area contributed by atoms with Gasteiger partial charge in [0.2, 0.25) is 0 Å². The minimum atomic E-state index is -0.290. The van der Waals surface area contributed by atoms with Gasteiger partial charge in [-0.25, -0.2) is 0 Å². The number of rotatable bonds is 3. The number of hydrogen-bond acceptors (Lipinski definition) is 2. The van der Waals surface area contributed by atoms with Crippen LogP contribution >= 0.6 is 11.6 Å². The molecular weight excluding hydrogens is 318 g/mol. The maximum Gasteiger partial charge on any atom is 0.175 e. The van der Waals surface area contributed by atoms with Crippen LogP contribution in [0, 0.1) is 0 Å². The van der Waals surface area contributed by atoms with E-state index in [1.165, 1.54) is 0 Å². The van der Waals surface area contributed by atoms with E-state index < -0.39 is 0 Å². The Morgan fingerprint density at radius 2 is 1.33 bits per heavy atom. The van der Waals surface area contributed by atoms with Crippen LogP contribution < -0.4 is 0 Å². The molecule has 4 rings (SSSR count). The highest BCUT2D eigenvalue weighted by Crippen LogP contribution is 2.37. The highest BCUT2D eigenvalue weighted by atomic mass is 35.5.